The maximum Gasteiger partial charge on any atom is 0.201 e. The minimum atomic E-state index is 0.814. The Kier molecular flexibility index (Phi) is 3.54. The van der Waals surface area contributed by atoms with Crippen LogP contribution >= 0.6 is 0 Å². The summed E-state index contributed by atoms with van der Waals surface area (Å²) >= 11 is 0. The number of methoxy groups -OCH3 is 1. The van der Waals surface area contributed by atoms with Crippen LogP contribution in [0, 0.1) is 0 Å². The van der Waals surface area contributed by atoms with Gasteiger partial charge in [-0.3, -0.25) is 0 Å². The van der Waals surface area contributed by atoms with Crippen molar-refractivity contribution >= 4 is 17.0 Å². The van der Waals surface area contributed by atoms with Gasteiger partial charge in [0.15, 0.2) is 0 Å². The molecule has 0 aliphatic carbocycles. The third-order valence-electron chi connectivity index (χ3n) is 3.23. The van der Waals surface area contributed by atoms with E-state index in [1.165, 1.54) is 5.56 Å². The summed E-state index contributed by atoms with van der Waals surface area (Å²) in [6, 6.07) is 16.1. The number of ether oxygens (including phenoxy) is 1. The number of anilines is 1. The summed E-state index contributed by atoms with van der Waals surface area (Å²) in [5.74, 6) is 1.71. The van der Waals surface area contributed by atoms with Crippen LogP contribution in [-0.2, 0) is 6.42 Å². The zero-order chi connectivity index (χ0) is 13.8. The van der Waals surface area contributed by atoms with E-state index in [9.17, 15) is 0 Å². The first kappa shape index (κ1) is 12.5. The largest absolute Gasteiger partial charge is 0.497 e. The molecule has 2 aromatic carbocycles. The quantitative estimate of drug-likeness (QED) is 0.746. The van der Waals surface area contributed by atoms with E-state index in [2.05, 4.69) is 27.4 Å². The van der Waals surface area contributed by atoms with Crippen molar-refractivity contribution in [2.45, 2.75) is 6.42 Å². The summed E-state index contributed by atoms with van der Waals surface area (Å²) in [5.41, 5.74) is 3.28. The van der Waals surface area contributed by atoms with Crippen LogP contribution < -0.4 is 10.1 Å². The smallest absolute Gasteiger partial charge is 0.201 e. The summed E-state index contributed by atoms with van der Waals surface area (Å²) in [6.07, 6.45) is 0.925. The molecule has 0 bridgehead atoms. The van der Waals surface area contributed by atoms with Gasteiger partial charge in [-0.25, -0.2) is 4.98 Å². The normalized spacial score (nSPS) is 10.7. The van der Waals surface area contributed by atoms with Gasteiger partial charge in [-0.2, -0.15) is 0 Å². The predicted octanol–water partition coefficient (Wildman–Crippen LogP) is 3.23. The van der Waals surface area contributed by atoms with E-state index >= 15 is 0 Å². The van der Waals surface area contributed by atoms with Gasteiger partial charge in [0.25, 0.3) is 0 Å². The molecule has 1 aromatic heterocycles. The molecule has 0 atom stereocenters. The molecule has 0 aliphatic heterocycles. The average Bonchev–Trinajstić information content (AvgIpc) is 2.90. The number of hydrogen-bond donors (Lipinski definition) is 2. The van der Waals surface area contributed by atoms with Crippen molar-refractivity contribution in [2.24, 2.45) is 0 Å². The Morgan fingerprint density at radius 2 is 2.05 bits per heavy atom. The van der Waals surface area contributed by atoms with Gasteiger partial charge in [-0.05, 0) is 36.2 Å². The monoisotopic (exact) mass is 267 g/mol. The molecule has 4 nitrogen and oxygen atoms in total. The van der Waals surface area contributed by atoms with Gasteiger partial charge in [0.2, 0.25) is 5.95 Å². The van der Waals surface area contributed by atoms with Crippen molar-refractivity contribution in [2.75, 3.05) is 19.0 Å². The SMILES string of the molecule is COc1cccc(CCNc2nc3ccccc3[nH]2)c1. The molecular formula is C16H17N3O. The molecule has 1 heterocycles. The van der Waals surface area contributed by atoms with Gasteiger partial charge >= 0.3 is 0 Å². The van der Waals surface area contributed by atoms with Crippen LogP contribution in [0.3, 0.4) is 0 Å². The van der Waals surface area contributed by atoms with Gasteiger partial charge in [0.1, 0.15) is 5.75 Å². The standard InChI is InChI=1S/C16H17N3O/c1-20-13-6-4-5-12(11-13)9-10-17-16-18-14-7-2-3-8-15(14)19-16/h2-8,11H,9-10H2,1H3,(H2,17,18,19). The molecule has 0 amide bonds. The highest BCUT2D eigenvalue weighted by atomic mass is 16.5. The van der Waals surface area contributed by atoms with Gasteiger partial charge in [0, 0.05) is 6.54 Å². The summed E-state index contributed by atoms with van der Waals surface area (Å²) in [6.45, 7) is 0.826. The molecule has 0 spiro atoms. The fourth-order valence-corrected chi connectivity index (χ4v) is 2.19. The lowest BCUT2D eigenvalue weighted by Crippen LogP contribution is -2.06. The number of nitrogens with one attached hydrogen (secondary N) is 2. The first-order chi connectivity index (χ1) is 9.85. The first-order valence-electron chi connectivity index (χ1n) is 6.67. The molecule has 3 rings (SSSR count). The molecule has 0 saturated carbocycles. The Morgan fingerprint density at radius 3 is 2.90 bits per heavy atom. The maximum absolute atomic E-state index is 5.22. The lowest BCUT2D eigenvalue weighted by Gasteiger charge is -2.05. The Hall–Kier alpha value is -2.49. The number of imidazole rings is 1. The van der Waals surface area contributed by atoms with E-state index in [4.69, 9.17) is 4.74 Å². The molecule has 0 aliphatic rings. The number of fused-ring (bicyclic) bond motifs is 1. The van der Waals surface area contributed by atoms with Crippen LogP contribution in [0.15, 0.2) is 48.5 Å². The minimum Gasteiger partial charge on any atom is -0.497 e. The van der Waals surface area contributed by atoms with Gasteiger partial charge in [0.05, 0.1) is 18.1 Å². The zero-order valence-corrected chi connectivity index (χ0v) is 11.4. The van der Waals surface area contributed by atoms with Crippen molar-refractivity contribution < 1.29 is 4.74 Å². The maximum atomic E-state index is 5.22. The number of hydrogen-bond acceptors (Lipinski definition) is 3. The van der Waals surface area contributed by atoms with Crippen LogP contribution in [-0.4, -0.2) is 23.6 Å². The second-order valence-electron chi connectivity index (χ2n) is 4.63. The highest BCUT2D eigenvalue weighted by molar-refractivity contribution is 5.77. The number of H-pyrrole nitrogens is 1. The fourth-order valence-electron chi connectivity index (χ4n) is 2.19. The topological polar surface area (TPSA) is 49.9 Å². The average molecular weight is 267 g/mol. The Labute approximate surface area is 117 Å². The van der Waals surface area contributed by atoms with Crippen LogP contribution in [0.1, 0.15) is 5.56 Å². The van der Waals surface area contributed by atoms with Gasteiger partial charge < -0.3 is 15.0 Å². The van der Waals surface area contributed by atoms with E-state index < -0.39 is 0 Å². The van der Waals surface area contributed by atoms with E-state index in [1.54, 1.807) is 7.11 Å². The number of benzene rings is 2. The van der Waals surface area contributed by atoms with Crippen LogP contribution in [0.25, 0.3) is 11.0 Å². The zero-order valence-electron chi connectivity index (χ0n) is 11.4. The molecule has 0 unspecified atom stereocenters. The molecule has 20 heavy (non-hydrogen) atoms. The van der Waals surface area contributed by atoms with Crippen molar-refractivity contribution in [3.63, 3.8) is 0 Å². The van der Waals surface area contributed by atoms with Crippen LogP contribution in [0.5, 0.6) is 5.75 Å². The summed E-state index contributed by atoms with van der Waals surface area (Å²) in [7, 11) is 1.69. The number of rotatable bonds is 5. The summed E-state index contributed by atoms with van der Waals surface area (Å²) in [4.78, 5) is 7.74. The number of nitrogens with zero attached hydrogens (tertiary/aromatic N) is 1. The van der Waals surface area contributed by atoms with E-state index in [0.717, 1.165) is 35.7 Å². The Balaban J connectivity index is 1.61. The van der Waals surface area contributed by atoms with Crippen molar-refractivity contribution in [3.8, 4) is 5.75 Å². The van der Waals surface area contributed by atoms with Crippen molar-refractivity contribution in [1.29, 1.82) is 0 Å². The molecule has 3 aromatic rings. The second kappa shape index (κ2) is 5.65. The predicted molar refractivity (Wildman–Crippen MR) is 81.3 cm³/mol. The van der Waals surface area contributed by atoms with E-state index in [0.29, 0.717) is 0 Å². The Morgan fingerprint density at radius 1 is 1.15 bits per heavy atom. The van der Waals surface area contributed by atoms with Crippen molar-refractivity contribution in [1.82, 2.24) is 9.97 Å². The number of aromatic amines is 1. The third-order valence-corrected chi connectivity index (χ3v) is 3.23. The van der Waals surface area contributed by atoms with E-state index in [-0.39, 0.29) is 0 Å². The highest BCUT2D eigenvalue weighted by Crippen LogP contribution is 2.15. The Bertz CT molecular complexity index is 673. The van der Waals surface area contributed by atoms with Crippen LogP contribution in [0.4, 0.5) is 5.95 Å². The summed E-state index contributed by atoms with van der Waals surface area (Å²) in [5, 5.41) is 3.31. The first-order valence-corrected chi connectivity index (χ1v) is 6.67. The molecule has 102 valence electrons. The van der Waals surface area contributed by atoms with E-state index in [1.807, 2.05) is 36.4 Å². The lowest BCUT2D eigenvalue weighted by atomic mass is 10.1. The number of para-hydroxylation sites is 2. The second-order valence-corrected chi connectivity index (χ2v) is 4.63. The summed E-state index contributed by atoms with van der Waals surface area (Å²) < 4.78 is 5.22. The molecule has 0 radical (unpaired) electrons. The molecule has 2 N–H and O–H groups in total. The molecule has 0 fully saturated rings. The number of aromatic nitrogens is 2. The van der Waals surface area contributed by atoms with Crippen molar-refractivity contribution in [3.05, 3.63) is 54.1 Å². The highest BCUT2D eigenvalue weighted by Gasteiger charge is 2.01. The fraction of sp³-hybridized carbons (Fsp3) is 0.188. The van der Waals surface area contributed by atoms with Gasteiger partial charge in [-0.15, -0.1) is 0 Å². The molecular weight excluding hydrogens is 250 g/mol. The lowest BCUT2D eigenvalue weighted by molar-refractivity contribution is 0.414. The third kappa shape index (κ3) is 2.74. The molecule has 4 heteroatoms. The minimum absolute atomic E-state index is 0.814. The van der Waals surface area contributed by atoms with Crippen LogP contribution in [0.2, 0.25) is 0 Å². The molecule has 0 saturated heterocycles. The van der Waals surface area contributed by atoms with Gasteiger partial charge in [-0.1, -0.05) is 24.3 Å².